The highest BCUT2D eigenvalue weighted by Gasteiger charge is 2.55. The minimum Gasteiger partial charge on any atom is -0.375 e. The van der Waals surface area contributed by atoms with E-state index in [-0.39, 0.29) is 5.92 Å². The molecular weight excluding hydrogens is 249 g/mol. The summed E-state index contributed by atoms with van der Waals surface area (Å²) in [7, 11) is 1.85. The SMILES string of the molecule is C[C@H]1CN(C)Cc2onc(C(C)(O)C(F)(F)F)c21. The quantitative estimate of drug-likeness (QED) is 0.842. The lowest BCUT2D eigenvalue weighted by Crippen LogP contribution is -2.41. The molecule has 1 aliphatic heterocycles. The van der Waals surface area contributed by atoms with E-state index >= 15 is 0 Å². The molecule has 0 saturated heterocycles. The summed E-state index contributed by atoms with van der Waals surface area (Å²) in [6.07, 6.45) is -4.78. The van der Waals surface area contributed by atoms with Crippen LogP contribution in [0.15, 0.2) is 4.52 Å². The maximum atomic E-state index is 12.8. The molecule has 2 heterocycles. The molecule has 2 atom stereocenters. The Morgan fingerprint density at radius 3 is 2.61 bits per heavy atom. The maximum Gasteiger partial charge on any atom is 0.422 e. The molecule has 1 aromatic heterocycles. The van der Waals surface area contributed by atoms with Gasteiger partial charge < -0.3 is 9.63 Å². The zero-order valence-electron chi connectivity index (χ0n) is 10.4. The molecule has 0 fully saturated rings. The first-order valence-corrected chi connectivity index (χ1v) is 5.61. The van der Waals surface area contributed by atoms with Crippen molar-refractivity contribution in [2.45, 2.75) is 38.1 Å². The van der Waals surface area contributed by atoms with Gasteiger partial charge in [-0.15, -0.1) is 0 Å². The van der Waals surface area contributed by atoms with Gasteiger partial charge in [0.15, 0.2) is 5.76 Å². The van der Waals surface area contributed by atoms with Crippen molar-refractivity contribution in [3.63, 3.8) is 0 Å². The molecule has 0 radical (unpaired) electrons. The predicted molar refractivity (Wildman–Crippen MR) is 56.9 cm³/mol. The Labute approximate surface area is 102 Å². The van der Waals surface area contributed by atoms with Gasteiger partial charge in [-0.3, -0.25) is 4.90 Å². The van der Waals surface area contributed by atoms with E-state index in [0.29, 0.717) is 31.3 Å². The first-order valence-electron chi connectivity index (χ1n) is 5.61. The van der Waals surface area contributed by atoms with Crippen LogP contribution in [0.4, 0.5) is 13.2 Å². The van der Waals surface area contributed by atoms with Gasteiger partial charge in [-0.1, -0.05) is 12.1 Å². The Morgan fingerprint density at radius 1 is 1.44 bits per heavy atom. The molecule has 0 spiro atoms. The molecule has 102 valence electrons. The van der Waals surface area contributed by atoms with E-state index in [2.05, 4.69) is 5.16 Å². The predicted octanol–water partition coefficient (Wildman–Crippen LogP) is 1.99. The van der Waals surface area contributed by atoms with Crippen molar-refractivity contribution in [1.82, 2.24) is 10.1 Å². The zero-order chi connectivity index (χ0) is 13.7. The lowest BCUT2D eigenvalue weighted by atomic mass is 9.88. The maximum absolute atomic E-state index is 12.8. The van der Waals surface area contributed by atoms with Crippen molar-refractivity contribution in [2.75, 3.05) is 13.6 Å². The standard InChI is InChI=1S/C11H15F3N2O2/c1-6-4-16(3)5-7-8(6)9(15-18-7)10(2,17)11(12,13)14/h6,17H,4-5H2,1-3H3/t6-,10?/m0/s1. The number of hydrogen-bond acceptors (Lipinski definition) is 4. The summed E-state index contributed by atoms with van der Waals surface area (Å²) < 4.78 is 43.4. The molecule has 2 rings (SSSR count). The Bertz CT molecular complexity index is 454. The zero-order valence-corrected chi connectivity index (χ0v) is 10.4. The van der Waals surface area contributed by atoms with Crippen LogP contribution in [0.25, 0.3) is 0 Å². The van der Waals surface area contributed by atoms with Gasteiger partial charge in [0.25, 0.3) is 0 Å². The van der Waals surface area contributed by atoms with Crippen LogP contribution in [0.3, 0.4) is 0 Å². The number of alkyl halides is 3. The number of likely N-dealkylation sites (N-methyl/N-ethyl adjacent to an activating group) is 1. The Kier molecular flexibility index (Phi) is 2.94. The lowest BCUT2D eigenvalue weighted by Gasteiger charge is -2.30. The molecule has 18 heavy (non-hydrogen) atoms. The van der Waals surface area contributed by atoms with Crippen LogP contribution in [0.2, 0.25) is 0 Å². The number of fused-ring (bicyclic) bond motifs is 1. The van der Waals surface area contributed by atoms with E-state index in [0.717, 1.165) is 0 Å². The van der Waals surface area contributed by atoms with E-state index in [1.165, 1.54) is 0 Å². The molecule has 1 aliphatic rings. The van der Waals surface area contributed by atoms with Gasteiger partial charge in [0.1, 0.15) is 5.69 Å². The van der Waals surface area contributed by atoms with E-state index in [1.807, 2.05) is 11.9 Å². The highest BCUT2D eigenvalue weighted by atomic mass is 19.4. The molecule has 1 unspecified atom stereocenters. The van der Waals surface area contributed by atoms with Crippen LogP contribution in [0.1, 0.15) is 36.8 Å². The first-order chi connectivity index (χ1) is 8.14. The number of halogens is 3. The molecule has 0 aromatic carbocycles. The van der Waals surface area contributed by atoms with Gasteiger partial charge in [0.05, 0.1) is 6.54 Å². The number of nitrogens with zero attached hydrogens (tertiary/aromatic N) is 2. The third-order valence-corrected chi connectivity index (χ3v) is 3.31. The molecule has 1 N–H and O–H groups in total. The van der Waals surface area contributed by atoms with E-state index < -0.39 is 17.5 Å². The number of aromatic nitrogens is 1. The summed E-state index contributed by atoms with van der Waals surface area (Å²) in [5.41, 5.74) is -3.00. The second-order valence-electron chi connectivity index (χ2n) is 5.04. The largest absolute Gasteiger partial charge is 0.422 e. The van der Waals surface area contributed by atoms with Crippen LogP contribution in [0.5, 0.6) is 0 Å². The van der Waals surface area contributed by atoms with Gasteiger partial charge in [-0.25, -0.2) is 0 Å². The fourth-order valence-electron chi connectivity index (χ4n) is 2.31. The number of rotatable bonds is 1. The minimum absolute atomic E-state index is 0.158. The Morgan fingerprint density at radius 2 is 2.06 bits per heavy atom. The van der Waals surface area contributed by atoms with Crippen LogP contribution >= 0.6 is 0 Å². The Hall–Kier alpha value is -1.08. The normalized spacial score (nSPS) is 24.7. The lowest BCUT2D eigenvalue weighted by molar-refractivity contribution is -0.261. The van der Waals surface area contributed by atoms with Gasteiger partial charge in [0.2, 0.25) is 5.60 Å². The van der Waals surface area contributed by atoms with E-state index in [9.17, 15) is 18.3 Å². The van der Waals surface area contributed by atoms with Crippen LogP contribution in [-0.2, 0) is 12.1 Å². The molecule has 0 saturated carbocycles. The van der Waals surface area contributed by atoms with Crippen LogP contribution in [-0.4, -0.2) is 34.9 Å². The second kappa shape index (κ2) is 3.96. The fraction of sp³-hybridized carbons (Fsp3) is 0.727. The third kappa shape index (κ3) is 1.91. The molecule has 7 heteroatoms. The first kappa shape index (κ1) is 13.4. The van der Waals surface area contributed by atoms with Gasteiger partial charge >= 0.3 is 6.18 Å². The van der Waals surface area contributed by atoms with Crippen LogP contribution < -0.4 is 0 Å². The summed E-state index contributed by atoms with van der Waals surface area (Å²) in [4.78, 5) is 1.93. The van der Waals surface area contributed by atoms with Gasteiger partial charge in [-0.2, -0.15) is 13.2 Å². The van der Waals surface area contributed by atoms with Crippen LogP contribution in [0, 0.1) is 0 Å². The smallest absolute Gasteiger partial charge is 0.375 e. The summed E-state index contributed by atoms with van der Waals surface area (Å²) in [6.45, 7) is 3.51. The van der Waals surface area contributed by atoms with Crippen molar-refractivity contribution < 1.29 is 22.8 Å². The van der Waals surface area contributed by atoms with Gasteiger partial charge in [0, 0.05) is 12.1 Å². The molecule has 0 amide bonds. The summed E-state index contributed by atoms with van der Waals surface area (Å²) in [5.74, 6) is 0.240. The van der Waals surface area contributed by atoms with Crippen molar-refractivity contribution >= 4 is 0 Å². The molecule has 0 bridgehead atoms. The highest BCUT2D eigenvalue weighted by Crippen LogP contribution is 2.43. The molecular formula is C11H15F3N2O2. The van der Waals surface area contributed by atoms with E-state index in [4.69, 9.17) is 4.52 Å². The molecule has 1 aromatic rings. The topological polar surface area (TPSA) is 49.5 Å². The highest BCUT2D eigenvalue weighted by molar-refractivity contribution is 5.33. The van der Waals surface area contributed by atoms with Crippen molar-refractivity contribution in [1.29, 1.82) is 0 Å². The van der Waals surface area contributed by atoms with Crippen molar-refractivity contribution in [2.24, 2.45) is 0 Å². The third-order valence-electron chi connectivity index (χ3n) is 3.31. The summed E-state index contributed by atoms with van der Waals surface area (Å²) >= 11 is 0. The fourth-order valence-corrected chi connectivity index (χ4v) is 2.31. The average molecular weight is 264 g/mol. The average Bonchev–Trinajstić information content (AvgIpc) is 2.59. The second-order valence-corrected chi connectivity index (χ2v) is 5.04. The Balaban J connectivity index is 2.50. The van der Waals surface area contributed by atoms with Crippen molar-refractivity contribution in [3.05, 3.63) is 17.0 Å². The number of hydrogen-bond donors (Lipinski definition) is 1. The minimum atomic E-state index is -4.78. The molecule has 4 nitrogen and oxygen atoms in total. The monoisotopic (exact) mass is 264 g/mol. The number of aliphatic hydroxyl groups is 1. The van der Waals surface area contributed by atoms with E-state index in [1.54, 1.807) is 6.92 Å². The summed E-state index contributed by atoms with van der Waals surface area (Å²) in [5, 5.41) is 13.1. The summed E-state index contributed by atoms with van der Waals surface area (Å²) in [6, 6.07) is 0. The van der Waals surface area contributed by atoms with Gasteiger partial charge in [-0.05, 0) is 19.9 Å². The van der Waals surface area contributed by atoms with Crippen molar-refractivity contribution in [3.8, 4) is 0 Å². The molecule has 0 aliphatic carbocycles.